The lowest BCUT2D eigenvalue weighted by atomic mass is 10.0. The van der Waals surface area contributed by atoms with E-state index in [4.69, 9.17) is 14.1 Å². The Morgan fingerprint density at radius 2 is 1.73 bits per heavy atom. The smallest absolute Gasteiger partial charge is 0.255 e. The Hall–Kier alpha value is -3.64. The first-order valence-corrected chi connectivity index (χ1v) is 11.4. The molecule has 0 spiro atoms. The Kier molecular flexibility index (Phi) is 5.60. The number of halogens is 1. The minimum Gasteiger partial charge on any atom is -0.491 e. The number of carbonyl (C=O) groups is 1. The van der Waals surface area contributed by atoms with Gasteiger partial charge in [-0.3, -0.25) is 4.79 Å². The summed E-state index contributed by atoms with van der Waals surface area (Å²) >= 11 is 3.61. The third-order valence-corrected chi connectivity index (χ3v) is 5.92. The van der Waals surface area contributed by atoms with Gasteiger partial charge in [0.1, 0.15) is 11.3 Å². The maximum absolute atomic E-state index is 12.7. The molecule has 1 aromatic heterocycles. The highest BCUT2D eigenvalue weighted by atomic mass is 79.9. The van der Waals surface area contributed by atoms with Crippen molar-refractivity contribution in [1.82, 2.24) is 4.98 Å². The van der Waals surface area contributed by atoms with Crippen LogP contribution in [0.2, 0.25) is 0 Å². The van der Waals surface area contributed by atoms with Crippen LogP contribution in [-0.4, -0.2) is 17.0 Å². The van der Waals surface area contributed by atoms with Gasteiger partial charge in [-0.1, -0.05) is 40.2 Å². The maximum Gasteiger partial charge on any atom is 0.255 e. The molecule has 0 atom stereocenters. The van der Waals surface area contributed by atoms with Crippen LogP contribution in [0.1, 0.15) is 24.2 Å². The molecule has 1 heterocycles. The van der Waals surface area contributed by atoms with E-state index in [1.807, 2.05) is 62.4 Å². The Morgan fingerprint density at radius 1 is 0.970 bits per heavy atom. The number of nitrogens with one attached hydrogen (secondary N) is 1. The van der Waals surface area contributed by atoms with Gasteiger partial charge in [-0.2, -0.15) is 0 Å². The molecule has 1 amide bonds. The molecule has 0 aliphatic carbocycles. The Balaban J connectivity index is 1.41. The molecule has 164 valence electrons. The lowest BCUT2D eigenvalue weighted by Gasteiger charge is -2.10. The first-order chi connectivity index (χ1) is 16.0. The SMILES string of the molecule is CC(C)Oc1ccc(C(=O)Nc2ccc3oc(-c4cccc5c(Br)cccc45)nc3c2)cc1. The standard InChI is InChI=1S/C27H21BrN2O3/c1-16(2)32-19-12-9-17(10-13-19)26(31)29-18-11-14-25-24(15-18)30-27(33-25)22-7-3-6-21-20(22)5-4-8-23(21)28/h3-16H,1-2H3,(H,29,31). The van der Waals surface area contributed by atoms with Gasteiger partial charge in [-0.25, -0.2) is 4.98 Å². The van der Waals surface area contributed by atoms with Crippen molar-refractivity contribution in [2.24, 2.45) is 0 Å². The number of rotatable bonds is 5. The molecule has 0 saturated heterocycles. The monoisotopic (exact) mass is 500 g/mol. The summed E-state index contributed by atoms with van der Waals surface area (Å²) in [6.07, 6.45) is 0.0825. The van der Waals surface area contributed by atoms with Crippen LogP contribution in [0.4, 0.5) is 5.69 Å². The van der Waals surface area contributed by atoms with Gasteiger partial charge in [0.15, 0.2) is 5.58 Å². The topological polar surface area (TPSA) is 64.4 Å². The third-order valence-electron chi connectivity index (χ3n) is 5.23. The van der Waals surface area contributed by atoms with Gasteiger partial charge in [-0.15, -0.1) is 0 Å². The summed E-state index contributed by atoms with van der Waals surface area (Å²) in [6.45, 7) is 3.93. The normalized spacial score (nSPS) is 11.3. The van der Waals surface area contributed by atoms with Crippen molar-refractivity contribution in [1.29, 1.82) is 0 Å². The van der Waals surface area contributed by atoms with Crippen LogP contribution in [0.15, 0.2) is 87.8 Å². The summed E-state index contributed by atoms with van der Waals surface area (Å²) in [7, 11) is 0. The van der Waals surface area contributed by atoms with Crippen molar-refractivity contribution in [2.45, 2.75) is 20.0 Å². The molecule has 0 radical (unpaired) electrons. The lowest BCUT2D eigenvalue weighted by molar-refractivity contribution is 0.102. The Morgan fingerprint density at radius 3 is 2.52 bits per heavy atom. The summed E-state index contributed by atoms with van der Waals surface area (Å²) in [5, 5.41) is 5.07. The van der Waals surface area contributed by atoms with E-state index in [9.17, 15) is 4.79 Å². The van der Waals surface area contributed by atoms with E-state index in [0.29, 0.717) is 28.2 Å². The highest BCUT2D eigenvalue weighted by molar-refractivity contribution is 9.10. The number of ether oxygens (including phenoxy) is 1. The van der Waals surface area contributed by atoms with Gasteiger partial charge in [-0.05, 0) is 79.2 Å². The number of aromatic nitrogens is 1. The van der Waals surface area contributed by atoms with Crippen molar-refractivity contribution in [3.8, 4) is 17.2 Å². The van der Waals surface area contributed by atoms with Crippen LogP contribution >= 0.6 is 15.9 Å². The van der Waals surface area contributed by atoms with Crippen LogP contribution in [0.3, 0.4) is 0 Å². The lowest BCUT2D eigenvalue weighted by Crippen LogP contribution is -2.12. The van der Waals surface area contributed by atoms with Gasteiger partial charge < -0.3 is 14.5 Å². The molecule has 5 rings (SSSR count). The van der Waals surface area contributed by atoms with Gasteiger partial charge in [0.05, 0.1) is 6.10 Å². The predicted octanol–water partition coefficient (Wildman–Crippen LogP) is 7.45. The van der Waals surface area contributed by atoms with Gasteiger partial charge in [0.25, 0.3) is 5.91 Å². The van der Waals surface area contributed by atoms with Gasteiger partial charge in [0, 0.05) is 21.3 Å². The van der Waals surface area contributed by atoms with E-state index in [-0.39, 0.29) is 12.0 Å². The van der Waals surface area contributed by atoms with Crippen molar-refractivity contribution in [2.75, 3.05) is 5.32 Å². The summed E-state index contributed by atoms with van der Waals surface area (Å²) in [5.41, 5.74) is 3.45. The molecular weight excluding hydrogens is 480 g/mol. The van der Waals surface area contributed by atoms with Crippen LogP contribution in [0.25, 0.3) is 33.3 Å². The fraction of sp³-hybridized carbons (Fsp3) is 0.111. The number of hydrogen-bond acceptors (Lipinski definition) is 4. The number of benzene rings is 4. The van der Waals surface area contributed by atoms with Crippen LogP contribution in [0.5, 0.6) is 5.75 Å². The first-order valence-electron chi connectivity index (χ1n) is 10.6. The molecular formula is C27H21BrN2O3. The molecule has 1 N–H and O–H groups in total. The number of nitrogens with zero attached hydrogens (tertiary/aromatic N) is 1. The zero-order valence-corrected chi connectivity index (χ0v) is 19.7. The molecule has 0 saturated carbocycles. The van der Waals surface area contributed by atoms with E-state index in [0.717, 1.165) is 26.6 Å². The van der Waals surface area contributed by atoms with E-state index in [2.05, 4.69) is 27.3 Å². The minimum absolute atomic E-state index is 0.0825. The highest BCUT2D eigenvalue weighted by Crippen LogP contribution is 2.34. The fourth-order valence-corrected chi connectivity index (χ4v) is 4.24. The predicted molar refractivity (Wildman–Crippen MR) is 135 cm³/mol. The van der Waals surface area contributed by atoms with Crippen molar-refractivity contribution >= 4 is 49.4 Å². The second kappa shape index (κ2) is 8.71. The molecule has 5 nitrogen and oxygen atoms in total. The summed E-state index contributed by atoms with van der Waals surface area (Å²) < 4.78 is 12.7. The number of hydrogen-bond donors (Lipinski definition) is 1. The second-order valence-electron chi connectivity index (χ2n) is 7.99. The number of anilines is 1. The molecule has 5 aromatic rings. The van der Waals surface area contributed by atoms with Crippen LogP contribution < -0.4 is 10.1 Å². The highest BCUT2D eigenvalue weighted by Gasteiger charge is 2.14. The van der Waals surface area contributed by atoms with Crippen molar-refractivity contribution in [3.63, 3.8) is 0 Å². The van der Waals surface area contributed by atoms with Crippen molar-refractivity contribution < 1.29 is 13.9 Å². The van der Waals surface area contributed by atoms with Crippen LogP contribution in [-0.2, 0) is 0 Å². The van der Waals surface area contributed by atoms with Crippen LogP contribution in [0, 0.1) is 0 Å². The number of fused-ring (bicyclic) bond motifs is 2. The number of amides is 1. The van der Waals surface area contributed by atoms with E-state index < -0.39 is 0 Å². The Labute approximate surface area is 199 Å². The first kappa shape index (κ1) is 21.2. The van der Waals surface area contributed by atoms with E-state index >= 15 is 0 Å². The zero-order chi connectivity index (χ0) is 22.9. The summed E-state index contributed by atoms with van der Waals surface area (Å²) in [6, 6.07) is 24.6. The maximum atomic E-state index is 12.7. The molecule has 33 heavy (non-hydrogen) atoms. The molecule has 0 fully saturated rings. The largest absolute Gasteiger partial charge is 0.491 e. The van der Waals surface area contributed by atoms with E-state index in [1.165, 1.54) is 0 Å². The summed E-state index contributed by atoms with van der Waals surface area (Å²) in [5.74, 6) is 1.07. The summed E-state index contributed by atoms with van der Waals surface area (Å²) in [4.78, 5) is 17.4. The number of carbonyl (C=O) groups excluding carboxylic acids is 1. The second-order valence-corrected chi connectivity index (χ2v) is 8.84. The molecule has 0 bridgehead atoms. The van der Waals surface area contributed by atoms with Crippen molar-refractivity contribution in [3.05, 3.63) is 88.9 Å². The molecule has 4 aromatic carbocycles. The average Bonchev–Trinajstić information content (AvgIpc) is 3.22. The zero-order valence-electron chi connectivity index (χ0n) is 18.1. The molecule has 6 heteroatoms. The van der Waals surface area contributed by atoms with Gasteiger partial charge in [0.2, 0.25) is 5.89 Å². The van der Waals surface area contributed by atoms with Gasteiger partial charge >= 0.3 is 0 Å². The number of oxazole rings is 1. The molecule has 0 aliphatic rings. The molecule has 0 unspecified atom stereocenters. The average molecular weight is 501 g/mol. The third kappa shape index (κ3) is 4.34. The fourth-order valence-electron chi connectivity index (χ4n) is 3.74. The minimum atomic E-state index is -0.201. The molecule has 0 aliphatic heterocycles. The Bertz CT molecular complexity index is 1470. The van der Waals surface area contributed by atoms with E-state index in [1.54, 1.807) is 24.3 Å². The quantitative estimate of drug-likeness (QED) is 0.272.